The summed E-state index contributed by atoms with van der Waals surface area (Å²) in [7, 11) is 0. The molecule has 0 bridgehead atoms. The molecule has 2 nitrogen and oxygen atoms in total. The van der Waals surface area contributed by atoms with Crippen molar-refractivity contribution in [1.82, 2.24) is 5.32 Å². The lowest BCUT2D eigenvalue weighted by atomic mass is 9.76. The van der Waals surface area contributed by atoms with Gasteiger partial charge >= 0.3 is 0 Å². The van der Waals surface area contributed by atoms with Crippen LogP contribution in [0.5, 0.6) is 0 Å². The van der Waals surface area contributed by atoms with Gasteiger partial charge < -0.3 is 5.32 Å². The van der Waals surface area contributed by atoms with E-state index in [9.17, 15) is 4.79 Å². The van der Waals surface area contributed by atoms with E-state index in [1.54, 1.807) is 0 Å². The molecule has 1 N–H and O–H groups in total. The minimum absolute atomic E-state index is 0.0910. The van der Waals surface area contributed by atoms with E-state index in [4.69, 9.17) is 0 Å². The van der Waals surface area contributed by atoms with Crippen molar-refractivity contribution < 1.29 is 4.79 Å². The van der Waals surface area contributed by atoms with Gasteiger partial charge in [0.05, 0.1) is 0 Å². The Hall–Kier alpha value is -0.530. The highest BCUT2D eigenvalue weighted by atomic mass is 16.2. The fourth-order valence-corrected chi connectivity index (χ4v) is 2.65. The van der Waals surface area contributed by atoms with E-state index < -0.39 is 0 Å². The van der Waals surface area contributed by atoms with Crippen LogP contribution in [0, 0.1) is 11.8 Å². The van der Waals surface area contributed by atoms with Crippen LogP contribution in [0.1, 0.15) is 59.8 Å². The summed E-state index contributed by atoms with van der Waals surface area (Å²) in [6.07, 6.45) is 5.35. The summed E-state index contributed by atoms with van der Waals surface area (Å²) in [5.74, 6) is 1.55. The van der Waals surface area contributed by atoms with Gasteiger partial charge in [0.2, 0.25) is 5.91 Å². The van der Waals surface area contributed by atoms with Gasteiger partial charge in [-0.15, -0.1) is 0 Å². The number of amides is 1. The third kappa shape index (κ3) is 2.73. The maximum Gasteiger partial charge on any atom is 0.220 e. The minimum Gasteiger partial charge on any atom is -0.350 e. The Morgan fingerprint density at radius 3 is 2.27 bits per heavy atom. The molecule has 88 valence electrons. The van der Waals surface area contributed by atoms with Crippen LogP contribution >= 0.6 is 0 Å². The number of carbonyl (C=O) groups is 1. The monoisotopic (exact) mass is 211 g/mol. The Morgan fingerprint density at radius 2 is 1.93 bits per heavy atom. The summed E-state index contributed by atoms with van der Waals surface area (Å²) in [5.41, 5.74) is 0.0910. The summed E-state index contributed by atoms with van der Waals surface area (Å²) >= 11 is 0. The van der Waals surface area contributed by atoms with Crippen LogP contribution in [-0.4, -0.2) is 11.4 Å². The summed E-state index contributed by atoms with van der Waals surface area (Å²) < 4.78 is 0. The van der Waals surface area contributed by atoms with E-state index in [0.29, 0.717) is 5.92 Å². The van der Waals surface area contributed by atoms with Crippen molar-refractivity contribution in [3.05, 3.63) is 0 Å². The van der Waals surface area contributed by atoms with Crippen molar-refractivity contribution in [1.29, 1.82) is 0 Å². The zero-order chi connectivity index (χ0) is 11.5. The van der Waals surface area contributed by atoms with E-state index in [2.05, 4.69) is 33.0 Å². The molecule has 15 heavy (non-hydrogen) atoms. The number of hydrogen-bond acceptors (Lipinski definition) is 1. The Balaban J connectivity index is 2.70. The predicted molar refractivity (Wildman–Crippen MR) is 63.6 cm³/mol. The third-order valence-corrected chi connectivity index (χ3v) is 4.10. The molecule has 0 aromatic heterocycles. The van der Waals surface area contributed by atoms with Crippen LogP contribution in [0.3, 0.4) is 0 Å². The van der Waals surface area contributed by atoms with Crippen LogP contribution < -0.4 is 5.32 Å². The van der Waals surface area contributed by atoms with E-state index in [-0.39, 0.29) is 11.4 Å². The van der Waals surface area contributed by atoms with Gasteiger partial charge in [-0.05, 0) is 24.7 Å². The summed E-state index contributed by atoms with van der Waals surface area (Å²) in [6.45, 7) is 8.96. The van der Waals surface area contributed by atoms with Crippen LogP contribution in [0.2, 0.25) is 0 Å². The quantitative estimate of drug-likeness (QED) is 0.743. The molecule has 1 aliphatic heterocycles. The van der Waals surface area contributed by atoms with Crippen LogP contribution in [0.4, 0.5) is 0 Å². The highest BCUT2D eigenvalue weighted by Crippen LogP contribution is 2.35. The van der Waals surface area contributed by atoms with E-state index in [0.717, 1.165) is 25.2 Å². The minimum atomic E-state index is 0.0910. The summed E-state index contributed by atoms with van der Waals surface area (Å²) in [6, 6.07) is 0. The van der Waals surface area contributed by atoms with E-state index >= 15 is 0 Å². The fraction of sp³-hybridized carbons (Fsp3) is 0.923. The molecular weight excluding hydrogens is 186 g/mol. The maximum absolute atomic E-state index is 11.4. The summed E-state index contributed by atoms with van der Waals surface area (Å²) in [5, 5.41) is 3.23. The van der Waals surface area contributed by atoms with Crippen molar-refractivity contribution in [2.45, 2.75) is 65.3 Å². The highest BCUT2D eigenvalue weighted by molar-refractivity contribution is 5.79. The topological polar surface area (TPSA) is 29.1 Å². The summed E-state index contributed by atoms with van der Waals surface area (Å²) in [4.78, 5) is 11.4. The largest absolute Gasteiger partial charge is 0.350 e. The molecule has 0 aliphatic carbocycles. The second-order valence-corrected chi connectivity index (χ2v) is 5.25. The molecule has 1 heterocycles. The lowest BCUT2D eigenvalue weighted by Crippen LogP contribution is -2.47. The van der Waals surface area contributed by atoms with E-state index in [1.165, 1.54) is 12.8 Å². The molecule has 1 aliphatic rings. The molecule has 0 aromatic carbocycles. The smallest absolute Gasteiger partial charge is 0.220 e. The van der Waals surface area contributed by atoms with Crippen LogP contribution in [0.25, 0.3) is 0 Å². The van der Waals surface area contributed by atoms with Gasteiger partial charge in [0.1, 0.15) is 0 Å². The van der Waals surface area contributed by atoms with Gasteiger partial charge in [-0.1, -0.05) is 40.5 Å². The molecule has 1 fully saturated rings. The highest BCUT2D eigenvalue weighted by Gasteiger charge is 2.41. The molecular formula is C13H25NO. The van der Waals surface area contributed by atoms with Gasteiger partial charge in [0, 0.05) is 12.0 Å². The van der Waals surface area contributed by atoms with Crippen LogP contribution in [-0.2, 0) is 4.79 Å². The molecule has 2 heteroatoms. The number of rotatable bonds is 5. The zero-order valence-corrected chi connectivity index (χ0v) is 10.6. The first-order chi connectivity index (χ1) is 7.04. The lowest BCUT2D eigenvalue weighted by molar-refractivity contribution is -0.120. The fourth-order valence-electron chi connectivity index (χ4n) is 2.65. The average Bonchev–Trinajstić information content (AvgIpc) is 2.58. The Bertz CT molecular complexity index is 221. The number of nitrogens with one attached hydrogen (secondary N) is 1. The first-order valence-corrected chi connectivity index (χ1v) is 6.35. The molecule has 0 aromatic rings. The van der Waals surface area contributed by atoms with Gasteiger partial charge in [-0.2, -0.15) is 0 Å². The molecule has 1 atom stereocenters. The second-order valence-electron chi connectivity index (χ2n) is 5.25. The van der Waals surface area contributed by atoms with Crippen molar-refractivity contribution in [2.75, 3.05) is 0 Å². The molecule has 1 unspecified atom stereocenters. The van der Waals surface area contributed by atoms with Crippen molar-refractivity contribution in [2.24, 2.45) is 11.8 Å². The predicted octanol–water partition coefficient (Wildman–Crippen LogP) is 3.12. The molecule has 0 radical (unpaired) electrons. The van der Waals surface area contributed by atoms with Crippen molar-refractivity contribution in [3.63, 3.8) is 0 Å². The van der Waals surface area contributed by atoms with Gasteiger partial charge in [0.15, 0.2) is 0 Å². The maximum atomic E-state index is 11.4. The Morgan fingerprint density at radius 1 is 1.33 bits per heavy atom. The first-order valence-electron chi connectivity index (χ1n) is 6.35. The molecule has 1 amide bonds. The van der Waals surface area contributed by atoms with Gasteiger partial charge in [0.25, 0.3) is 0 Å². The SMILES string of the molecule is CCC(CC)CC1(C(C)C)CCC(=O)N1. The van der Waals surface area contributed by atoms with E-state index in [1.807, 2.05) is 0 Å². The molecule has 0 spiro atoms. The standard InChI is InChI=1S/C13H25NO/c1-5-11(6-2)9-13(10(3)4)8-7-12(15)14-13/h10-11H,5-9H2,1-4H3,(H,14,15). The molecule has 1 saturated heterocycles. The number of hydrogen-bond donors (Lipinski definition) is 1. The Kier molecular flexibility index (Phi) is 4.18. The zero-order valence-electron chi connectivity index (χ0n) is 10.6. The average molecular weight is 211 g/mol. The van der Waals surface area contributed by atoms with Crippen molar-refractivity contribution >= 4 is 5.91 Å². The normalized spacial score (nSPS) is 26.4. The van der Waals surface area contributed by atoms with Crippen molar-refractivity contribution in [3.8, 4) is 0 Å². The lowest BCUT2D eigenvalue weighted by Gasteiger charge is -2.36. The third-order valence-electron chi connectivity index (χ3n) is 4.10. The van der Waals surface area contributed by atoms with Gasteiger partial charge in [-0.3, -0.25) is 4.79 Å². The van der Waals surface area contributed by atoms with Crippen LogP contribution in [0.15, 0.2) is 0 Å². The second kappa shape index (κ2) is 5.00. The molecule has 1 rings (SSSR count). The Labute approximate surface area is 93.8 Å². The molecule has 0 saturated carbocycles. The first kappa shape index (κ1) is 12.5. The number of carbonyl (C=O) groups excluding carboxylic acids is 1. The van der Waals surface area contributed by atoms with Gasteiger partial charge in [-0.25, -0.2) is 0 Å².